The molecule has 11 heteroatoms. The topological polar surface area (TPSA) is 201 Å². The molecular weight excluding hydrogens is 316 g/mol. The Balaban J connectivity index is 2.11. The number of hydrogen-bond donors (Lipinski definition) is 8. The molecule has 2 aliphatic heterocycles. The molecule has 136 valence electrons. The summed E-state index contributed by atoms with van der Waals surface area (Å²) in [6.07, 6.45) is -12.3. The molecule has 0 radical (unpaired) electrons. The third kappa shape index (κ3) is 3.65. The van der Waals surface area contributed by atoms with Gasteiger partial charge in [-0.25, -0.2) is 0 Å². The predicted octanol–water partition coefficient (Wildman–Crippen LogP) is -5.46. The number of aliphatic hydroxyl groups is 6. The molecule has 0 bridgehead atoms. The minimum Gasteiger partial charge on any atom is -0.394 e. The summed E-state index contributed by atoms with van der Waals surface area (Å²) in [6.45, 7) is -0.740. The van der Waals surface area contributed by atoms with Gasteiger partial charge in [-0.05, 0) is 0 Å². The van der Waals surface area contributed by atoms with Crippen LogP contribution in [0.3, 0.4) is 0 Å². The third-order valence-electron chi connectivity index (χ3n) is 4.11. The molecule has 2 rings (SSSR count). The zero-order valence-corrected chi connectivity index (χ0v) is 12.3. The fourth-order valence-corrected chi connectivity index (χ4v) is 2.65. The van der Waals surface area contributed by atoms with E-state index >= 15 is 0 Å². The minimum atomic E-state index is -1.64. The van der Waals surface area contributed by atoms with Crippen molar-refractivity contribution in [1.29, 1.82) is 0 Å². The lowest BCUT2D eigenvalue weighted by Crippen LogP contribution is -2.66. The van der Waals surface area contributed by atoms with Crippen LogP contribution in [0.5, 0.6) is 0 Å². The van der Waals surface area contributed by atoms with Crippen molar-refractivity contribution in [3.8, 4) is 0 Å². The van der Waals surface area contributed by atoms with Gasteiger partial charge in [0.25, 0.3) is 0 Å². The molecule has 10 N–H and O–H groups in total. The van der Waals surface area contributed by atoms with Crippen LogP contribution in [0.15, 0.2) is 0 Å². The van der Waals surface area contributed by atoms with Crippen molar-refractivity contribution in [3.05, 3.63) is 0 Å². The predicted molar refractivity (Wildman–Crippen MR) is 72.6 cm³/mol. The van der Waals surface area contributed by atoms with Crippen LogP contribution in [-0.2, 0) is 14.2 Å². The van der Waals surface area contributed by atoms with E-state index in [1.807, 2.05) is 0 Å². The van der Waals surface area contributed by atoms with E-state index < -0.39 is 68.0 Å². The first-order chi connectivity index (χ1) is 10.8. The molecule has 2 fully saturated rings. The summed E-state index contributed by atoms with van der Waals surface area (Å²) < 4.78 is 15.8. The van der Waals surface area contributed by atoms with E-state index in [0.29, 0.717) is 0 Å². The molecule has 2 aliphatic rings. The van der Waals surface area contributed by atoms with Gasteiger partial charge in [0.05, 0.1) is 12.6 Å². The Labute approximate surface area is 132 Å². The first-order valence-corrected chi connectivity index (χ1v) is 7.25. The normalized spacial score (nSPS) is 51.7. The molecule has 0 aromatic heterocycles. The molecule has 2 saturated heterocycles. The van der Waals surface area contributed by atoms with Crippen molar-refractivity contribution in [3.63, 3.8) is 0 Å². The zero-order valence-electron chi connectivity index (χ0n) is 12.3. The Morgan fingerprint density at radius 2 is 1.52 bits per heavy atom. The van der Waals surface area contributed by atoms with Gasteiger partial charge in [-0.3, -0.25) is 0 Å². The van der Waals surface area contributed by atoms with E-state index in [1.165, 1.54) is 0 Å². The van der Waals surface area contributed by atoms with Crippen molar-refractivity contribution in [2.75, 3.05) is 13.2 Å². The van der Waals surface area contributed by atoms with Crippen molar-refractivity contribution in [2.24, 2.45) is 11.5 Å². The standard InChI is InChI=1S/C12H24N2O9/c13-1-3-10(7(17)5(14)11(20)21-3)23-12-9(19)8(18)6(16)4(2-15)22-12/h3-12,15-20H,1-2,13-14H2. The minimum absolute atomic E-state index is 0.122. The first kappa shape index (κ1) is 18.9. The van der Waals surface area contributed by atoms with Crippen LogP contribution in [0.4, 0.5) is 0 Å². The Morgan fingerprint density at radius 3 is 2.09 bits per heavy atom. The molecule has 0 saturated carbocycles. The third-order valence-corrected chi connectivity index (χ3v) is 4.11. The number of aliphatic hydroxyl groups excluding tert-OH is 6. The van der Waals surface area contributed by atoms with E-state index in [0.717, 1.165) is 0 Å². The van der Waals surface area contributed by atoms with Crippen molar-refractivity contribution < 1.29 is 44.8 Å². The summed E-state index contributed by atoms with van der Waals surface area (Å²) in [5.74, 6) is 0. The summed E-state index contributed by atoms with van der Waals surface area (Å²) >= 11 is 0. The summed E-state index contributed by atoms with van der Waals surface area (Å²) in [4.78, 5) is 0. The molecule has 10 atom stereocenters. The Morgan fingerprint density at radius 1 is 0.870 bits per heavy atom. The highest BCUT2D eigenvalue weighted by atomic mass is 16.7. The van der Waals surface area contributed by atoms with Gasteiger partial charge in [-0.1, -0.05) is 0 Å². The second-order valence-corrected chi connectivity index (χ2v) is 5.67. The number of rotatable bonds is 4. The van der Waals surface area contributed by atoms with Gasteiger partial charge in [-0.15, -0.1) is 0 Å². The lowest BCUT2D eigenvalue weighted by Gasteiger charge is -2.45. The highest BCUT2D eigenvalue weighted by Gasteiger charge is 2.49. The number of ether oxygens (including phenoxy) is 3. The molecule has 0 aliphatic carbocycles. The quantitative estimate of drug-likeness (QED) is 0.242. The smallest absolute Gasteiger partial charge is 0.187 e. The fraction of sp³-hybridized carbons (Fsp3) is 1.00. The Bertz CT molecular complexity index is 386. The second-order valence-electron chi connectivity index (χ2n) is 5.67. The highest BCUT2D eigenvalue weighted by molar-refractivity contribution is 4.95. The van der Waals surface area contributed by atoms with E-state index in [1.54, 1.807) is 0 Å². The lowest BCUT2D eigenvalue weighted by atomic mass is 9.96. The van der Waals surface area contributed by atoms with Gasteiger partial charge < -0.3 is 56.3 Å². The van der Waals surface area contributed by atoms with Crippen molar-refractivity contribution in [1.82, 2.24) is 0 Å². The first-order valence-electron chi connectivity index (χ1n) is 7.25. The molecule has 0 aromatic carbocycles. The number of hydrogen-bond acceptors (Lipinski definition) is 11. The van der Waals surface area contributed by atoms with Gasteiger partial charge in [0, 0.05) is 6.54 Å². The largest absolute Gasteiger partial charge is 0.394 e. The molecule has 0 spiro atoms. The van der Waals surface area contributed by atoms with E-state index in [4.69, 9.17) is 30.8 Å². The lowest BCUT2D eigenvalue weighted by molar-refractivity contribution is -0.341. The second kappa shape index (κ2) is 7.63. The van der Waals surface area contributed by atoms with Gasteiger partial charge >= 0.3 is 0 Å². The molecular formula is C12H24N2O9. The van der Waals surface area contributed by atoms with Crippen molar-refractivity contribution >= 4 is 0 Å². The molecule has 11 nitrogen and oxygen atoms in total. The summed E-state index contributed by atoms with van der Waals surface area (Å²) in [7, 11) is 0. The number of nitrogens with two attached hydrogens (primary N) is 2. The highest BCUT2D eigenvalue weighted by Crippen LogP contribution is 2.27. The van der Waals surface area contributed by atoms with Crippen LogP contribution < -0.4 is 11.5 Å². The van der Waals surface area contributed by atoms with Crippen LogP contribution in [0.25, 0.3) is 0 Å². The molecule has 0 amide bonds. The molecule has 10 unspecified atom stereocenters. The summed E-state index contributed by atoms with van der Waals surface area (Å²) in [5, 5.41) is 58.2. The fourth-order valence-electron chi connectivity index (χ4n) is 2.65. The zero-order chi connectivity index (χ0) is 17.3. The maximum atomic E-state index is 10.1. The van der Waals surface area contributed by atoms with E-state index in [9.17, 15) is 25.5 Å². The summed E-state index contributed by atoms with van der Waals surface area (Å²) in [6, 6.07) is -1.17. The van der Waals surface area contributed by atoms with Crippen LogP contribution in [0.1, 0.15) is 0 Å². The average molecular weight is 340 g/mol. The van der Waals surface area contributed by atoms with Crippen LogP contribution in [-0.4, -0.2) is 105 Å². The van der Waals surface area contributed by atoms with Gasteiger partial charge in [0.15, 0.2) is 12.6 Å². The van der Waals surface area contributed by atoms with Crippen molar-refractivity contribution in [2.45, 2.75) is 61.3 Å². The monoisotopic (exact) mass is 340 g/mol. The molecule has 2 heterocycles. The molecule has 0 aromatic rings. The Hall–Kier alpha value is -0.440. The van der Waals surface area contributed by atoms with Gasteiger partial charge in [0.2, 0.25) is 0 Å². The van der Waals surface area contributed by atoms with Gasteiger partial charge in [-0.2, -0.15) is 0 Å². The van der Waals surface area contributed by atoms with E-state index in [-0.39, 0.29) is 6.54 Å². The molecule has 23 heavy (non-hydrogen) atoms. The summed E-state index contributed by atoms with van der Waals surface area (Å²) in [5.41, 5.74) is 11.1. The average Bonchev–Trinajstić information content (AvgIpc) is 2.55. The van der Waals surface area contributed by atoms with Crippen LogP contribution in [0.2, 0.25) is 0 Å². The van der Waals surface area contributed by atoms with Gasteiger partial charge in [0.1, 0.15) is 42.7 Å². The van der Waals surface area contributed by atoms with Crippen LogP contribution in [0, 0.1) is 0 Å². The van der Waals surface area contributed by atoms with E-state index in [2.05, 4.69) is 0 Å². The SMILES string of the molecule is NCC1OC(O)C(N)C(O)C1OC1OC(CO)C(O)C(O)C1O. The van der Waals surface area contributed by atoms with Crippen LogP contribution >= 0.6 is 0 Å². The Kier molecular flexibility index (Phi) is 6.27. The maximum Gasteiger partial charge on any atom is 0.187 e. The maximum absolute atomic E-state index is 10.1.